The van der Waals surface area contributed by atoms with Gasteiger partial charge in [-0.2, -0.15) is 5.26 Å². The van der Waals surface area contributed by atoms with Crippen LogP contribution in [0, 0.1) is 17.2 Å². The fourth-order valence-corrected chi connectivity index (χ4v) is 1.93. The Hall–Kier alpha value is -2.02. The number of carbonyl (C=O) groups excluding carboxylic acids is 1. The maximum absolute atomic E-state index is 11.7. The number of nitrogens with zero attached hydrogens (tertiary/aromatic N) is 2. The van der Waals surface area contributed by atoms with Crippen LogP contribution in [-0.4, -0.2) is 24.1 Å². The van der Waals surface area contributed by atoms with E-state index in [0.29, 0.717) is 6.54 Å². The number of benzene rings is 1. The third-order valence-electron chi connectivity index (χ3n) is 2.99. The summed E-state index contributed by atoms with van der Waals surface area (Å²) >= 11 is 0. The third-order valence-corrected chi connectivity index (χ3v) is 2.99. The number of hydrogen-bond donors (Lipinski definition) is 0. The van der Waals surface area contributed by atoms with Crippen molar-refractivity contribution < 1.29 is 9.53 Å². The Morgan fingerprint density at radius 1 is 1.47 bits per heavy atom. The summed E-state index contributed by atoms with van der Waals surface area (Å²) in [6, 6.07) is 11.8. The van der Waals surface area contributed by atoms with Crippen molar-refractivity contribution in [3.8, 4) is 6.07 Å². The molecule has 1 aliphatic rings. The normalized spacial score (nSPS) is 21.5. The van der Waals surface area contributed by atoms with E-state index in [1.165, 1.54) is 0 Å². The van der Waals surface area contributed by atoms with Crippen LogP contribution >= 0.6 is 0 Å². The SMILES string of the molecule is CC(c1ccccc1)N1CC(C#N)COC1=O. The van der Waals surface area contributed by atoms with Crippen molar-refractivity contribution in [2.45, 2.75) is 13.0 Å². The Kier molecular flexibility index (Phi) is 3.29. The van der Waals surface area contributed by atoms with Gasteiger partial charge in [0.1, 0.15) is 6.61 Å². The van der Waals surface area contributed by atoms with E-state index >= 15 is 0 Å². The van der Waals surface area contributed by atoms with Gasteiger partial charge in [0.25, 0.3) is 0 Å². The van der Waals surface area contributed by atoms with Crippen LogP contribution in [0.3, 0.4) is 0 Å². The van der Waals surface area contributed by atoms with Gasteiger partial charge in [0.15, 0.2) is 0 Å². The molecular formula is C13H14N2O2. The van der Waals surface area contributed by atoms with E-state index in [9.17, 15) is 4.79 Å². The standard InChI is InChI=1S/C13H14N2O2/c1-10(12-5-3-2-4-6-12)15-8-11(7-14)9-17-13(15)16/h2-6,10-11H,8-9H2,1H3. The van der Waals surface area contributed by atoms with Gasteiger partial charge in [-0.05, 0) is 12.5 Å². The molecule has 2 atom stereocenters. The Morgan fingerprint density at radius 3 is 2.82 bits per heavy atom. The first-order valence-corrected chi connectivity index (χ1v) is 5.60. The van der Waals surface area contributed by atoms with Crippen molar-refractivity contribution in [3.05, 3.63) is 35.9 Å². The predicted molar refractivity (Wildman–Crippen MR) is 62.0 cm³/mol. The molecule has 0 N–H and O–H groups in total. The minimum absolute atomic E-state index is 0.0696. The summed E-state index contributed by atoms with van der Waals surface area (Å²) in [4.78, 5) is 13.3. The summed E-state index contributed by atoms with van der Waals surface area (Å²) in [5.41, 5.74) is 1.04. The first-order valence-electron chi connectivity index (χ1n) is 5.60. The van der Waals surface area contributed by atoms with Crippen LogP contribution < -0.4 is 0 Å². The van der Waals surface area contributed by atoms with E-state index in [-0.39, 0.29) is 24.7 Å². The molecule has 0 radical (unpaired) electrons. The highest BCUT2D eigenvalue weighted by Crippen LogP contribution is 2.24. The first kappa shape index (κ1) is 11.5. The molecule has 1 saturated heterocycles. The van der Waals surface area contributed by atoms with Gasteiger partial charge in [0, 0.05) is 6.54 Å². The van der Waals surface area contributed by atoms with Crippen LogP contribution in [0.1, 0.15) is 18.5 Å². The van der Waals surface area contributed by atoms with Crippen molar-refractivity contribution in [2.75, 3.05) is 13.2 Å². The number of ether oxygens (including phenoxy) is 1. The molecule has 1 amide bonds. The van der Waals surface area contributed by atoms with Gasteiger partial charge in [-0.15, -0.1) is 0 Å². The second-order valence-electron chi connectivity index (χ2n) is 4.14. The summed E-state index contributed by atoms with van der Waals surface area (Å²) in [5, 5.41) is 8.88. The van der Waals surface area contributed by atoms with Gasteiger partial charge in [-0.3, -0.25) is 0 Å². The van der Waals surface area contributed by atoms with Gasteiger partial charge in [0.2, 0.25) is 0 Å². The lowest BCUT2D eigenvalue weighted by Crippen LogP contribution is -2.43. The monoisotopic (exact) mass is 230 g/mol. The smallest absolute Gasteiger partial charge is 0.410 e. The molecule has 0 saturated carbocycles. The van der Waals surface area contributed by atoms with E-state index in [4.69, 9.17) is 10.00 Å². The fourth-order valence-electron chi connectivity index (χ4n) is 1.93. The molecule has 0 bridgehead atoms. The summed E-state index contributed by atoms with van der Waals surface area (Å²) in [6.07, 6.45) is -0.340. The van der Waals surface area contributed by atoms with Crippen LogP contribution in [0.2, 0.25) is 0 Å². The van der Waals surface area contributed by atoms with Crippen molar-refractivity contribution in [2.24, 2.45) is 5.92 Å². The quantitative estimate of drug-likeness (QED) is 0.783. The van der Waals surface area contributed by atoms with Crippen LogP contribution in [0.5, 0.6) is 0 Å². The highest BCUT2D eigenvalue weighted by atomic mass is 16.6. The average Bonchev–Trinajstić information content (AvgIpc) is 2.39. The van der Waals surface area contributed by atoms with Crippen LogP contribution in [0.25, 0.3) is 0 Å². The van der Waals surface area contributed by atoms with Gasteiger partial charge >= 0.3 is 6.09 Å². The molecule has 1 aliphatic heterocycles. The first-order chi connectivity index (χ1) is 8.22. The highest BCUT2D eigenvalue weighted by Gasteiger charge is 2.31. The molecule has 2 unspecified atom stereocenters. The van der Waals surface area contributed by atoms with E-state index in [1.807, 2.05) is 37.3 Å². The number of rotatable bonds is 2. The predicted octanol–water partition coefficient (Wildman–Crippen LogP) is 2.34. The summed E-state index contributed by atoms with van der Waals surface area (Å²) < 4.78 is 5.00. The second-order valence-corrected chi connectivity index (χ2v) is 4.14. The van der Waals surface area contributed by atoms with Crippen LogP contribution in [-0.2, 0) is 4.74 Å². The van der Waals surface area contributed by atoms with Gasteiger partial charge in [0.05, 0.1) is 18.0 Å². The molecule has 1 aromatic carbocycles. The molecule has 0 spiro atoms. The number of carbonyl (C=O) groups is 1. The van der Waals surface area contributed by atoms with Crippen LogP contribution in [0.4, 0.5) is 4.79 Å². The van der Waals surface area contributed by atoms with E-state index < -0.39 is 0 Å². The molecule has 4 heteroatoms. The summed E-state index contributed by atoms with van der Waals surface area (Å²) in [5.74, 6) is -0.237. The lowest BCUT2D eigenvalue weighted by Gasteiger charge is -2.34. The topological polar surface area (TPSA) is 53.3 Å². The number of cyclic esters (lactones) is 1. The maximum Gasteiger partial charge on any atom is 0.410 e. The molecule has 88 valence electrons. The van der Waals surface area contributed by atoms with Gasteiger partial charge in [-0.25, -0.2) is 4.79 Å². The Balaban J connectivity index is 2.15. The van der Waals surface area contributed by atoms with Crippen molar-refractivity contribution in [1.29, 1.82) is 5.26 Å². The zero-order valence-electron chi connectivity index (χ0n) is 9.67. The lowest BCUT2D eigenvalue weighted by atomic mass is 10.0. The molecule has 1 heterocycles. The molecule has 0 aromatic heterocycles. The zero-order valence-corrected chi connectivity index (χ0v) is 9.67. The lowest BCUT2D eigenvalue weighted by molar-refractivity contribution is 0.0418. The fraction of sp³-hybridized carbons (Fsp3) is 0.385. The molecule has 2 rings (SSSR count). The Labute approximate surface area is 100 Å². The molecule has 4 nitrogen and oxygen atoms in total. The molecule has 0 aliphatic carbocycles. The number of nitriles is 1. The largest absolute Gasteiger partial charge is 0.448 e. The molecule has 17 heavy (non-hydrogen) atoms. The number of hydrogen-bond acceptors (Lipinski definition) is 3. The molecule has 1 fully saturated rings. The van der Waals surface area contributed by atoms with Crippen molar-refractivity contribution in [3.63, 3.8) is 0 Å². The summed E-state index contributed by atoms with van der Waals surface area (Å²) in [7, 11) is 0. The highest BCUT2D eigenvalue weighted by molar-refractivity contribution is 5.69. The molecule has 1 aromatic rings. The van der Waals surface area contributed by atoms with E-state index in [1.54, 1.807) is 4.90 Å². The Bertz CT molecular complexity index is 438. The van der Waals surface area contributed by atoms with Crippen molar-refractivity contribution >= 4 is 6.09 Å². The molecular weight excluding hydrogens is 216 g/mol. The number of amides is 1. The second kappa shape index (κ2) is 4.88. The minimum atomic E-state index is -0.340. The van der Waals surface area contributed by atoms with E-state index in [2.05, 4.69) is 6.07 Å². The van der Waals surface area contributed by atoms with Gasteiger partial charge in [-0.1, -0.05) is 30.3 Å². The third kappa shape index (κ3) is 2.39. The average molecular weight is 230 g/mol. The minimum Gasteiger partial charge on any atom is -0.448 e. The van der Waals surface area contributed by atoms with Gasteiger partial charge < -0.3 is 9.64 Å². The zero-order chi connectivity index (χ0) is 12.3. The van der Waals surface area contributed by atoms with E-state index in [0.717, 1.165) is 5.56 Å². The van der Waals surface area contributed by atoms with Crippen LogP contribution in [0.15, 0.2) is 30.3 Å². The summed E-state index contributed by atoms with van der Waals surface area (Å²) in [6.45, 7) is 2.58. The van der Waals surface area contributed by atoms with Crippen molar-refractivity contribution in [1.82, 2.24) is 4.90 Å². The maximum atomic E-state index is 11.7. The Morgan fingerprint density at radius 2 is 2.18 bits per heavy atom.